The van der Waals surface area contributed by atoms with Gasteiger partial charge in [0.1, 0.15) is 5.75 Å². The van der Waals surface area contributed by atoms with Gasteiger partial charge in [-0.3, -0.25) is 9.10 Å². The third-order valence-corrected chi connectivity index (χ3v) is 5.42. The van der Waals surface area contributed by atoms with Crippen molar-refractivity contribution in [1.29, 1.82) is 5.26 Å². The number of nitriles is 1. The number of benzene rings is 2. The number of rotatable bonds is 3. The molecule has 0 fully saturated rings. The molecule has 0 bridgehead atoms. The fourth-order valence-corrected chi connectivity index (χ4v) is 3.88. The summed E-state index contributed by atoms with van der Waals surface area (Å²) in [5.41, 5.74) is 5.97. The number of hydrogen-bond acceptors (Lipinski definition) is 5. The van der Waals surface area contributed by atoms with Gasteiger partial charge in [0.2, 0.25) is 0 Å². The lowest BCUT2D eigenvalue weighted by atomic mass is 10.2. The van der Waals surface area contributed by atoms with Crippen LogP contribution in [-0.2, 0) is 14.8 Å². The van der Waals surface area contributed by atoms with E-state index in [9.17, 15) is 13.2 Å². The molecule has 7 nitrogen and oxygen atoms in total. The number of anilines is 1. The van der Waals surface area contributed by atoms with Crippen LogP contribution in [0.5, 0.6) is 5.75 Å². The average molecular weight is 343 g/mol. The summed E-state index contributed by atoms with van der Waals surface area (Å²) in [7, 11) is -3.93. The van der Waals surface area contributed by atoms with Crippen LogP contribution < -0.4 is 14.8 Å². The second-order valence-electron chi connectivity index (χ2n) is 5.15. The second kappa shape index (κ2) is 5.86. The summed E-state index contributed by atoms with van der Waals surface area (Å²) in [5, 5.41) is 8.83. The zero-order valence-electron chi connectivity index (χ0n) is 12.4. The number of amides is 1. The van der Waals surface area contributed by atoms with Crippen molar-refractivity contribution < 1.29 is 17.9 Å². The van der Waals surface area contributed by atoms with Crippen LogP contribution in [0.4, 0.5) is 5.69 Å². The Morgan fingerprint density at radius 3 is 2.50 bits per heavy atom. The number of fused-ring (bicyclic) bond motifs is 1. The molecule has 0 saturated heterocycles. The predicted octanol–water partition coefficient (Wildman–Crippen LogP) is 1.000. The van der Waals surface area contributed by atoms with Crippen molar-refractivity contribution in [3.8, 4) is 11.8 Å². The summed E-state index contributed by atoms with van der Waals surface area (Å²) in [6, 6.07) is 14.0. The first-order chi connectivity index (χ1) is 11.4. The van der Waals surface area contributed by atoms with Crippen molar-refractivity contribution in [1.82, 2.24) is 0 Å². The highest BCUT2D eigenvalue weighted by Crippen LogP contribution is 2.36. The van der Waals surface area contributed by atoms with Crippen LogP contribution in [0, 0.1) is 11.3 Å². The van der Waals surface area contributed by atoms with Crippen molar-refractivity contribution in [2.24, 2.45) is 5.73 Å². The van der Waals surface area contributed by atoms with Crippen LogP contribution in [0.2, 0.25) is 0 Å². The summed E-state index contributed by atoms with van der Waals surface area (Å²) < 4.78 is 32.5. The monoisotopic (exact) mass is 343 g/mol. The number of carbonyl (C=O) groups excluding carboxylic acids is 1. The van der Waals surface area contributed by atoms with E-state index in [0.29, 0.717) is 11.3 Å². The molecular formula is C16H13N3O4S. The molecule has 1 atom stereocenters. The van der Waals surface area contributed by atoms with E-state index in [1.165, 1.54) is 24.3 Å². The van der Waals surface area contributed by atoms with Crippen LogP contribution in [0.25, 0.3) is 0 Å². The van der Waals surface area contributed by atoms with Gasteiger partial charge in [0.05, 0.1) is 28.8 Å². The lowest BCUT2D eigenvalue weighted by Crippen LogP contribution is -2.49. The molecule has 1 aliphatic heterocycles. The molecule has 0 radical (unpaired) electrons. The molecule has 8 heteroatoms. The number of carbonyl (C=O) groups is 1. The standard InChI is InChI=1S/C16H13N3O4S/c17-9-11-5-7-12(8-6-11)24(21,22)19-10-15(16(18)20)23-14-4-2-1-3-13(14)19/h1-8,15H,10H2,(H2,18,20)/t15-/m1/s1. The number of nitrogens with two attached hydrogens (primary N) is 1. The lowest BCUT2D eigenvalue weighted by molar-refractivity contribution is -0.124. The van der Waals surface area contributed by atoms with Crippen molar-refractivity contribution in [2.75, 3.05) is 10.8 Å². The van der Waals surface area contributed by atoms with Gasteiger partial charge in [0, 0.05) is 0 Å². The van der Waals surface area contributed by atoms with Gasteiger partial charge in [0.25, 0.3) is 15.9 Å². The highest BCUT2D eigenvalue weighted by Gasteiger charge is 2.36. The first-order valence-electron chi connectivity index (χ1n) is 7.01. The zero-order chi connectivity index (χ0) is 17.3. The predicted molar refractivity (Wildman–Crippen MR) is 85.7 cm³/mol. The van der Waals surface area contributed by atoms with Gasteiger partial charge in [-0.1, -0.05) is 12.1 Å². The molecule has 0 unspecified atom stereocenters. The van der Waals surface area contributed by atoms with Gasteiger partial charge >= 0.3 is 0 Å². The molecule has 0 spiro atoms. The van der Waals surface area contributed by atoms with Crippen LogP contribution in [0.3, 0.4) is 0 Å². The molecule has 1 amide bonds. The molecule has 24 heavy (non-hydrogen) atoms. The Bertz CT molecular complexity index is 933. The van der Waals surface area contributed by atoms with E-state index in [1.54, 1.807) is 24.3 Å². The molecule has 122 valence electrons. The fraction of sp³-hybridized carbons (Fsp3) is 0.125. The third-order valence-electron chi connectivity index (χ3n) is 3.62. The minimum absolute atomic E-state index is 0.0152. The molecule has 1 aliphatic rings. The first-order valence-corrected chi connectivity index (χ1v) is 8.45. The van der Waals surface area contributed by atoms with Gasteiger partial charge in [0.15, 0.2) is 6.10 Å². The van der Waals surface area contributed by atoms with Crippen molar-refractivity contribution in [3.63, 3.8) is 0 Å². The average Bonchev–Trinajstić information content (AvgIpc) is 2.60. The van der Waals surface area contributed by atoms with Crippen molar-refractivity contribution in [2.45, 2.75) is 11.0 Å². The number of primary amides is 1. The van der Waals surface area contributed by atoms with Crippen molar-refractivity contribution in [3.05, 3.63) is 54.1 Å². The summed E-state index contributed by atoms with van der Waals surface area (Å²) in [6.45, 7) is -0.214. The Morgan fingerprint density at radius 2 is 1.88 bits per heavy atom. The van der Waals surface area contributed by atoms with E-state index in [0.717, 1.165) is 4.31 Å². The number of para-hydroxylation sites is 2. The molecule has 0 saturated carbocycles. The lowest BCUT2D eigenvalue weighted by Gasteiger charge is -2.34. The number of sulfonamides is 1. The zero-order valence-corrected chi connectivity index (χ0v) is 13.2. The summed E-state index contributed by atoms with van der Waals surface area (Å²) in [4.78, 5) is 11.5. The van der Waals surface area contributed by atoms with E-state index in [4.69, 9.17) is 15.7 Å². The maximum Gasteiger partial charge on any atom is 0.264 e. The van der Waals surface area contributed by atoms with Gasteiger partial charge in [-0.15, -0.1) is 0 Å². The Kier molecular flexibility index (Phi) is 3.87. The smallest absolute Gasteiger partial charge is 0.264 e. The molecule has 2 N–H and O–H groups in total. The molecule has 0 aliphatic carbocycles. The molecule has 2 aromatic carbocycles. The number of ether oxygens (including phenoxy) is 1. The van der Waals surface area contributed by atoms with E-state index in [1.807, 2.05) is 6.07 Å². The SMILES string of the molecule is N#Cc1ccc(S(=O)(=O)N2C[C@H](C(N)=O)Oc3ccccc32)cc1. The van der Waals surface area contributed by atoms with Gasteiger partial charge < -0.3 is 10.5 Å². The normalized spacial score (nSPS) is 16.6. The van der Waals surface area contributed by atoms with Gasteiger partial charge in [-0.2, -0.15) is 5.26 Å². The van der Waals surface area contributed by atoms with Crippen LogP contribution >= 0.6 is 0 Å². The number of hydrogen-bond donors (Lipinski definition) is 1. The van der Waals surface area contributed by atoms with Crippen molar-refractivity contribution >= 4 is 21.6 Å². The third kappa shape index (κ3) is 2.66. The fourth-order valence-electron chi connectivity index (χ4n) is 2.41. The Hall–Kier alpha value is -3.05. The quantitative estimate of drug-likeness (QED) is 0.893. The van der Waals surface area contributed by atoms with E-state index in [2.05, 4.69) is 0 Å². The Balaban J connectivity index is 2.08. The minimum Gasteiger partial charge on any atom is -0.476 e. The molecule has 3 rings (SSSR count). The second-order valence-corrected chi connectivity index (χ2v) is 7.01. The molecular weight excluding hydrogens is 330 g/mol. The topological polar surface area (TPSA) is 113 Å². The Labute approximate surface area is 138 Å². The van der Waals surface area contributed by atoms with Crippen LogP contribution in [0.1, 0.15) is 5.56 Å². The molecule has 0 aromatic heterocycles. The summed E-state index contributed by atoms with van der Waals surface area (Å²) in [6.07, 6.45) is -1.08. The van der Waals surface area contributed by atoms with E-state index < -0.39 is 22.0 Å². The van der Waals surface area contributed by atoms with Gasteiger partial charge in [-0.05, 0) is 36.4 Å². The first kappa shape index (κ1) is 15.8. The van der Waals surface area contributed by atoms with Gasteiger partial charge in [-0.25, -0.2) is 8.42 Å². The Morgan fingerprint density at radius 1 is 1.21 bits per heavy atom. The maximum absolute atomic E-state index is 13.0. The van der Waals surface area contributed by atoms with Crippen LogP contribution in [0.15, 0.2) is 53.4 Å². The molecule has 2 aromatic rings. The largest absolute Gasteiger partial charge is 0.476 e. The number of nitrogens with zero attached hydrogens (tertiary/aromatic N) is 2. The van der Waals surface area contributed by atoms with Crippen LogP contribution in [-0.4, -0.2) is 27.0 Å². The maximum atomic E-state index is 13.0. The highest BCUT2D eigenvalue weighted by atomic mass is 32.2. The summed E-state index contributed by atoms with van der Waals surface area (Å²) in [5.74, 6) is -0.477. The highest BCUT2D eigenvalue weighted by molar-refractivity contribution is 7.92. The molecule has 1 heterocycles. The van der Waals surface area contributed by atoms with E-state index >= 15 is 0 Å². The minimum atomic E-state index is -3.93. The summed E-state index contributed by atoms with van der Waals surface area (Å²) >= 11 is 0. The van der Waals surface area contributed by atoms with E-state index in [-0.39, 0.29) is 17.2 Å².